The summed E-state index contributed by atoms with van der Waals surface area (Å²) < 4.78 is 23.0. The lowest BCUT2D eigenvalue weighted by Crippen LogP contribution is -2.46. The molecule has 0 bridgehead atoms. The Morgan fingerprint density at radius 1 is 1.25 bits per heavy atom. The average Bonchev–Trinajstić information content (AvgIpc) is 2.61. The van der Waals surface area contributed by atoms with Gasteiger partial charge >= 0.3 is 0 Å². The monoisotopic (exact) mass is 428 g/mol. The van der Waals surface area contributed by atoms with Gasteiger partial charge in [-0.2, -0.15) is 0 Å². The zero-order valence-corrected chi connectivity index (χ0v) is 18.7. The Labute approximate surface area is 174 Å². The molecule has 2 N–H and O–H groups in total. The molecule has 0 saturated carbocycles. The fourth-order valence-corrected chi connectivity index (χ4v) is 4.69. The van der Waals surface area contributed by atoms with Crippen molar-refractivity contribution in [2.75, 3.05) is 50.8 Å². The predicted octanol–water partition coefficient (Wildman–Crippen LogP) is 2.19. The Morgan fingerprint density at radius 2 is 1.96 bits per heavy atom. The smallest absolute Gasteiger partial charge is 0.191 e. The number of aliphatic imine (C=N–C) groups is 1. The Morgan fingerprint density at radius 3 is 2.61 bits per heavy atom. The third kappa shape index (κ3) is 8.37. The molecule has 1 aliphatic rings. The molecule has 1 saturated heterocycles. The van der Waals surface area contributed by atoms with Crippen LogP contribution in [0.4, 0.5) is 0 Å². The van der Waals surface area contributed by atoms with Gasteiger partial charge in [0.25, 0.3) is 0 Å². The van der Waals surface area contributed by atoms with Gasteiger partial charge in [-0.3, -0.25) is 9.89 Å². The summed E-state index contributed by atoms with van der Waals surface area (Å²) in [6, 6.07) is 7.98. The highest BCUT2D eigenvalue weighted by Crippen LogP contribution is 2.23. The number of guanidine groups is 1. The van der Waals surface area contributed by atoms with Gasteiger partial charge < -0.3 is 10.6 Å². The maximum Gasteiger partial charge on any atom is 0.191 e. The molecule has 0 spiro atoms. The van der Waals surface area contributed by atoms with Crippen LogP contribution in [0.25, 0.3) is 0 Å². The van der Waals surface area contributed by atoms with Gasteiger partial charge in [0, 0.05) is 44.3 Å². The Bertz CT molecular complexity index is 751. The topological polar surface area (TPSA) is 73.8 Å². The van der Waals surface area contributed by atoms with Crippen LogP contribution in [-0.4, -0.2) is 70.1 Å². The summed E-state index contributed by atoms with van der Waals surface area (Å²) in [6.07, 6.45) is 0.902. The molecule has 1 fully saturated rings. The lowest BCUT2D eigenvalue weighted by molar-refractivity contribution is 0.299. The molecule has 2 rings (SSSR count). The minimum atomic E-state index is -2.83. The second-order valence-electron chi connectivity index (χ2n) is 8.09. The quantitative estimate of drug-likeness (QED) is 0.490. The molecule has 1 heterocycles. The molecule has 1 aliphatic heterocycles. The van der Waals surface area contributed by atoms with Crippen molar-refractivity contribution in [3.63, 3.8) is 0 Å². The lowest BCUT2D eigenvalue weighted by atomic mass is 9.86. The second-order valence-corrected chi connectivity index (χ2v) is 10.8. The van der Waals surface area contributed by atoms with Crippen molar-refractivity contribution in [1.29, 1.82) is 0 Å². The van der Waals surface area contributed by atoms with Crippen LogP contribution in [0.2, 0.25) is 5.02 Å². The van der Waals surface area contributed by atoms with E-state index < -0.39 is 9.84 Å². The molecule has 0 radical (unpaired) electrons. The molecule has 0 aromatic heterocycles. The van der Waals surface area contributed by atoms with Crippen molar-refractivity contribution < 1.29 is 8.42 Å². The highest BCUT2D eigenvalue weighted by molar-refractivity contribution is 7.91. The molecule has 158 valence electrons. The normalized spacial score (nSPS) is 18.1. The SMILES string of the molecule is CCNC(=NCC(C)(C)Cc1cccc(Cl)c1)NCCN1CCS(=O)(=O)CC1. The van der Waals surface area contributed by atoms with E-state index in [0.717, 1.165) is 37.0 Å². The van der Waals surface area contributed by atoms with Gasteiger partial charge in [0.2, 0.25) is 0 Å². The Balaban J connectivity index is 1.83. The summed E-state index contributed by atoms with van der Waals surface area (Å²) in [4.78, 5) is 6.94. The van der Waals surface area contributed by atoms with Gasteiger partial charge in [-0.25, -0.2) is 8.42 Å². The van der Waals surface area contributed by atoms with Crippen molar-refractivity contribution in [1.82, 2.24) is 15.5 Å². The van der Waals surface area contributed by atoms with E-state index in [2.05, 4.69) is 35.4 Å². The van der Waals surface area contributed by atoms with Crippen molar-refractivity contribution >= 4 is 27.4 Å². The molecule has 0 atom stereocenters. The summed E-state index contributed by atoms with van der Waals surface area (Å²) >= 11 is 6.09. The largest absolute Gasteiger partial charge is 0.357 e. The zero-order chi connectivity index (χ0) is 20.6. The number of rotatable bonds is 8. The minimum absolute atomic E-state index is 0.00820. The van der Waals surface area contributed by atoms with E-state index >= 15 is 0 Å². The maximum absolute atomic E-state index is 11.5. The third-order valence-corrected chi connectivity index (χ3v) is 6.58. The standard InChI is InChI=1S/C20H33ClN4O2S/c1-4-22-19(23-8-9-25-10-12-28(26,27)13-11-25)24-16-20(2,3)15-17-6-5-7-18(21)14-17/h5-7,14H,4,8-13,15-16H2,1-3H3,(H2,22,23,24). The van der Waals surface area contributed by atoms with Crippen LogP contribution in [0.1, 0.15) is 26.3 Å². The van der Waals surface area contributed by atoms with Crippen LogP contribution in [0.5, 0.6) is 0 Å². The lowest BCUT2D eigenvalue weighted by Gasteiger charge is -2.27. The highest BCUT2D eigenvalue weighted by Gasteiger charge is 2.21. The first-order chi connectivity index (χ1) is 13.2. The van der Waals surface area contributed by atoms with Gasteiger partial charge in [0.05, 0.1) is 11.5 Å². The van der Waals surface area contributed by atoms with Gasteiger partial charge in [-0.1, -0.05) is 37.6 Å². The fraction of sp³-hybridized carbons (Fsp3) is 0.650. The summed E-state index contributed by atoms with van der Waals surface area (Å²) in [5.41, 5.74) is 1.22. The van der Waals surface area contributed by atoms with Gasteiger partial charge in [0.15, 0.2) is 15.8 Å². The molecule has 1 aromatic carbocycles. The van der Waals surface area contributed by atoms with E-state index in [0.29, 0.717) is 19.6 Å². The molecular formula is C20H33ClN4O2S. The number of hydrogen-bond acceptors (Lipinski definition) is 4. The Hall–Kier alpha value is -1.31. The number of nitrogens with one attached hydrogen (secondary N) is 2. The van der Waals surface area contributed by atoms with E-state index in [1.165, 1.54) is 5.56 Å². The first kappa shape index (κ1) is 23.0. The van der Waals surface area contributed by atoms with E-state index in [4.69, 9.17) is 16.6 Å². The summed E-state index contributed by atoms with van der Waals surface area (Å²) in [5.74, 6) is 1.32. The molecule has 1 aromatic rings. The van der Waals surface area contributed by atoms with Crippen LogP contribution in [-0.2, 0) is 16.3 Å². The van der Waals surface area contributed by atoms with E-state index in [-0.39, 0.29) is 16.9 Å². The van der Waals surface area contributed by atoms with Gasteiger partial charge in [-0.05, 0) is 36.5 Å². The van der Waals surface area contributed by atoms with E-state index in [1.54, 1.807) is 0 Å². The second kappa shape index (κ2) is 10.5. The van der Waals surface area contributed by atoms with Crippen LogP contribution in [0.15, 0.2) is 29.3 Å². The summed E-state index contributed by atoms with van der Waals surface area (Å²) in [5, 5.41) is 7.40. The zero-order valence-electron chi connectivity index (χ0n) is 17.2. The molecule has 0 aliphatic carbocycles. The van der Waals surface area contributed by atoms with Crippen molar-refractivity contribution in [2.45, 2.75) is 27.2 Å². The molecule has 0 unspecified atom stereocenters. The molecular weight excluding hydrogens is 396 g/mol. The molecule has 8 heteroatoms. The van der Waals surface area contributed by atoms with Crippen molar-refractivity contribution in [3.8, 4) is 0 Å². The van der Waals surface area contributed by atoms with Crippen molar-refractivity contribution in [2.24, 2.45) is 10.4 Å². The van der Waals surface area contributed by atoms with E-state index in [9.17, 15) is 8.42 Å². The number of benzene rings is 1. The van der Waals surface area contributed by atoms with Gasteiger partial charge in [-0.15, -0.1) is 0 Å². The first-order valence-corrected chi connectivity index (χ1v) is 12.1. The highest BCUT2D eigenvalue weighted by atomic mass is 35.5. The number of nitrogens with zero attached hydrogens (tertiary/aromatic N) is 2. The third-order valence-electron chi connectivity index (χ3n) is 4.74. The molecule has 28 heavy (non-hydrogen) atoms. The predicted molar refractivity (Wildman–Crippen MR) is 118 cm³/mol. The molecule has 0 amide bonds. The summed E-state index contributed by atoms with van der Waals surface area (Å²) in [7, 11) is -2.83. The van der Waals surface area contributed by atoms with Crippen LogP contribution in [0, 0.1) is 5.41 Å². The fourth-order valence-electron chi connectivity index (χ4n) is 3.20. The summed E-state index contributed by atoms with van der Waals surface area (Å²) in [6.45, 7) is 10.7. The number of halogens is 1. The average molecular weight is 429 g/mol. The van der Waals surface area contributed by atoms with Gasteiger partial charge in [0.1, 0.15) is 0 Å². The maximum atomic E-state index is 11.5. The first-order valence-electron chi connectivity index (χ1n) is 9.88. The Kier molecular flexibility index (Phi) is 8.58. The van der Waals surface area contributed by atoms with Crippen LogP contribution < -0.4 is 10.6 Å². The van der Waals surface area contributed by atoms with Crippen LogP contribution >= 0.6 is 11.6 Å². The molecule has 6 nitrogen and oxygen atoms in total. The number of sulfone groups is 1. The minimum Gasteiger partial charge on any atom is -0.357 e. The van der Waals surface area contributed by atoms with E-state index in [1.807, 2.05) is 25.1 Å². The number of hydrogen-bond donors (Lipinski definition) is 2. The van der Waals surface area contributed by atoms with Crippen LogP contribution in [0.3, 0.4) is 0 Å². The van der Waals surface area contributed by atoms with Crippen molar-refractivity contribution in [3.05, 3.63) is 34.9 Å².